The summed E-state index contributed by atoms with van der Waals surface area (Å²) in [5.41, 5.74) is 6.24. The predicted molar refractivity (Wildman–Crippen MR) is 98.5 cm³/mol. The fourth-order valence-corrected chi connectivity index (χ4v) is 4.33. The number of hydrazone groups is 1. The number of hydrogen-bond donors (Lipinski definition) is 1. The quantitative estimate of drug-likeness (QED) is 0.901. The first-order valence-electron chi connectivity index (χ1n) is 8.32. The summed E-state index contributed by atoms with van der Waals surface area (Å²) in [6.07, 6.45) is 3.60. The molecule has 4 rings (SSSR count). The number of nitrogens with one attached hydrogen (secondary N) is 1. The van der Waals surface area contributed by atoms with Crippen LogP contribution in [0.5, 0.6) is 0 Å². The highest BCUT2D eigenvalue weighted by atomic mass is 32.2. The van der Waals surface area contributed by atoms with Crippen molar-refractivity contribution in [3.05, 3.63) is 35.9 Å². The molecule has 4 nitrogen and oxygen atoms in total. The zero-order valence-electron chi connectivity index (χ0n) is 13.8. The lowest BCUT2D eigenvalue weighted by Crippen LogP contribution is -2.45. The molecule has 0 radical (unpaired) electrons. The standard InChI is InChI=1S/C18H22N4S/c1-4-6-16-21(3)20-18-22(16)19-17-14-9-7-12(5-2)11-13(14)8-10-15(17)23-18/h7-11,16,19H,4-6H2,1-3H3. The number of hydrazine groups is 1. The van der Waals surface area contributed by atoms with Gasteiger partial charge in [-0.2, -0.15) is 0 Å². The van der Waals surface area contributed by atoms with Crippen molar-refractivity contribution < 1.29 is 0 Å². The molecule has 0 fully saturated rings. The second kappa shape index (κ2) is 5.64. The second-order valence-electron chi connectivity index (χ2n) is 6.16. The molecule has 23 heavy (non-hydrogen) atoms. The lowest BCUT2D eigenvalue weighted by Gasteiger charge is -2.34. The first kappa shape index (κ1) is 14.7. The molecule has 0 aromatic heterocycles. The number of fused-ring (bicyclic) bond motifs is 4. The van der Waals surface area contributed by atoms with Gasteiger partial charge in [0.15, 0.2) is 0 Å². The zero-order valence-corrected chi connectivity index (χ0v) is 14.7. The highest BCUT2D eigenvalue weighted by Crippen LogP contribution is 2.42. The average molecular weight is 326 g/mol. The van der Waals surface area contributed by atoms with Gasteiger partial charge in [-0.25, -0.2) is 5.01 Å². The molecule has 0 saturated carbocycles. The third kappa shape index (κ3) is 2.34. The van der Waals surface area contributed by atoms with Gasteiger partial charge < -0.3 is 0 Å². The van der Waals surface area contributed by atoms with Gasteiger partial charge in [-0.05, 0) is 41.6 Å². The van der Waals surface area contributed by atoms with Crippen LogP contribution in [0, 0.1) is 0 Å². The molecule has 2 aliphatic rings. The number of anilines is 1. The Bertz CT molecular complexity index is 786. The van der Waals surface area contributed by atoms with Crippen LogP contribution in [0.25, 0.3) is 10.8 Å². The highest BCUT2D eigenvalue weighted by molar-refractivity contribution is 8.14. The maximum absolute atomic E-state index is 4.69. The molecule has 120 valence electrons. The molecule has 0 amide bonds. The van der Waals surface area contributed by atoms with Crippen LogP contribution in [-0.4, -0.2) is 28.4 Å². The van der Waals surface area contributed by atoms with Gasteiger partial charge >= 0.3 is 0 Å². The van der Waals surface area contributed by atoms with Crippen LogP contribution in [-0.2, 0) is 6.42 Å². The van der Waals surface area contributed by atoms with Gasteiger partial charge in [-0.3, -0.25) is 10.4 Å². The summed E-state index contributed by atoms with van der Waals surface area (Å²) in [6.45, 7) is 4.42. The Kier molecular flexibility index (Phi) is 3.60. The first-order valence-corrected chi connectivity index (χ1v) is 9.13. The minimum absolute atomic E-state index is 0.292. The summed E-state index contributed by atoms with van der Waals surface area (Å²) in [5, 5.41) is 12.6. The van der Waals surface area contributed by atoms with E-state index in [1.165, 1.54) is 26.9 Å². The maximum atomic E-state index is 4.69. The minimum atomic E-state index is 0.292. The lowest BCUT2D eigenvalue weighted by molar-refractivity contribution is 0.167. The lowest BCUT2D eigenvalue weighted by atomic mass is 10.0. The first-order chi connectivity index (χ1) is 11.2. The Morgan fingerprint density at radius 2 is 2.09 bits per heavy atom. The van der Waals surface area contributed by atoms with Crippen LogP contribution < -0.4 is 5.43 Å². The van der Waals surface area contributed by atoms with Crippen LogP contribution in [0.15, 0.2) is 40.3 Å². The van der Waals surface area contributed by atoms with Crippen LogP contribution in [0.3, 0.4) is 0 Å². The van der Waals surface area contributed by atoms with Crippen molar-refractivity contribution >= 4 is 33.4 Å². The van der Waals surface area contributed by atoms with Crippen LogP contribution in [0.2, 0.25) is 0 Å². The van der Waals surface area contributed by atoms with E-state index in [4.69, 9.17) is 5.10 Å². The summed E-state index contributed by atoms with van der Waals surface area (Å²) in [5.74, 6) is 0. The molecular weight excluding hydrogens is 304 g/mol. The fraction of sp³-hybridized carbons (Fsp3) is 0.389. The van der Waals surface area contributed by atoms with Crippen LogP contribution in [0.1, 0.15) is 32.3 Å². The average Bonchev–Trinajstić information content (AvgIpc) is 2.87. The number of nitrogens with zero attached hydrogens (tertiary/aromatic N) is 3. The van der Waals surface area contributed by atoms with Crippen molar-refractivity contribution in [1.29, 1.82) is 0 Å². The molecule has 2 heterocycles. The fourth-order valence-electron chi connectivity index (χ4n) is 3.31. The molecule has 0 bridgehead atoms. The molecule has 1 unspecified atom stereocenters. The summed E-state index contributed by atoms with van der Waals surface area (Å²) in [7, 11) is 2.06. The van der Waals surface area contributed by atoms with E-state index in [1.54, 1.807) is 11.8 Å². The SMILES string of the molecule is CCCC1N(C)N=C2Sc3ccc4cc(CC)ccc4c3NN21. The Hall–Kier alpha value is -1.88. The third-order valence-electron chi connectivity index (χ3n) is 4.61. The van der Waals surface area contributed by atoms with Crippen molar-refractivity contribution in [3.63, 3.8) is 0 Å². The Labute approximate surface area is 141 Å². The summed E-state index contributed by atoms with van der Waals surface area (Å²) >= 11 is 1.76. The molecule has 1 atom stereocenters. The molecule has 0 spiro atoms. The van der Waals surface area contributed by atoms with Crippen LogP contribution in [0.4, 0.5) is 5.69 Å². The molecule has 2 aromatic carbocycles. The van der Waals surface area contributed by atoms with Crippen LogP contribution >= 0.6 is 11.8 Å². The van der Waals surface area contributed by atoms with Gasteiger partial charge in [-0.15, -0.1) is 5.10 Å². The normalized spacial score (nSPS) is 19.4. The zero-order chi connectivity index (χ0) is 16.0. The Morgan fingerprint density at radius 3 is 2.87 bits per heavy atom. The maximum Gasteiger partial charge on any atom is 0.208 e. The number of rotatable bonds is 3. The highest BCUT2D eigenvalue weighted by Gasteiger charge is 2.36. The van der Waals surface area contributed by atoms with Crippen molar-refractivity contribution in [2.75, 3.05) is 12.5 Å². The molecule has 1 N–H and O–H groups in total. The second-order valence-corrected chi connectivity index (χ2v) is 7.17. The van der Waals surface area contributed by atoms with Gasteiger partial charge in [0.2, 0.25) is 5.17 Å². The van der Waals surface area contributed by atoms with Gasteiger partial charge in [0.05, 0.1) is 5.69 Å². The van der Waals surface area contributed by atoms with Crippen molar-refractivity contribution in [1.82, 2.24) is 10.0 Å². The molecule has 5 heteroatoms. The third-order valence-corrected chi connectivity index (χ3v) is 5.63. The molecule has 0 saturated heterocycles. The summed E-state index contributed by atoms with van der Waals surface area (Å²) < 4.78 is 0. The summed E-state index contributed by atoms with van der Waals surface area (Å²) in [6, 6.07) is 11.2. The van der Waals surface area contributed by atoms with Gasteiger partial charge in [-0.1, -0.05) is 44.5 Å². The number of benzene rings is 2. The Morgan fingerprint density at radius 1 is 1.22 bits per heavy atom. The topological polar surface area (TPSA) is 30.9 Å². The van der Waals surface area contributed by atoms with E-state index in [2.05, 4.69) is 66.7 Å². The van der Waals surface area contributed by atoms with E-state index in [-0.39, 0.29) is 0 Å². The largest absolute Gasteiger partial charge is 0.293 e. The molecule has 2 aliphatic heterocycles. The van der Waals surface area contributed by atoms with Crippen molar-refractivity contribution in [2.45, 2.75) is 44.2 Å². The number of aryl methyl sites for hydroxylation is 1. The van der Waals surface area contributed by atoms with Gasteiger partial charge in [0.25, 0.3) is 0 Å². The monoisotopic (exact) mass is 326 g/mol. The predicted octanol–water partition coefficient (Wildman–Crippen LogP) is 4.48. The smallest absolute Gasteiger partial charge is 0.208 e. The van der Waals surface area contributed by atoms with Crippen molar-refractivity contribution in [3.8, 4) is 0 Å². The van der Waals surface area contributed by atoms with Gasteiger partial charge in [0, 0.05) is 17.3 Å². The number of amidine groups is 1. The number of hydrogen-bond acceptors (Lipinski definition) is 5. The summed E-state index contributed by atoms with van der Waals surface area (Å²) in [4.78, 5) is 1.25. The van der Waals surface area contributed by atoms with Crippen molar-refractivity contribution in [2.24, 2.45) is 5.10 Å². The molecule has 2 aromatic rings. The van der Waals surface area contributed by atoms with E-state index in [0.29, 0.717) is 6.17 Å². The van der Waals surface area contributed by atoms with E-state index in [1.807, 2.05) is 0 Å². The van der Waals surface area contributed by atoms with E-state index < -0.39 is 0 Å². The van der Waals surface area contributed by atoms with Gasteiger partial charge in [0.1, 0.15) is 6.17 Å². The molecular formula is C18H22N4S. The van der Waals surface area contributed by atoms with E-state index in [0.717, 1.165) is 24.4 Å². The minimum Gasteiger partial charge on any atom is -0.293 e. The van der Waals surface area contributed by atoms with E-state index >= 15 is 0 Å². The van der Waals surface area contributed by atoms with E-state index in [9.17, 15) is 0 Å². The Balaban J connectivity index is 1.77. The molecule has 0 aliphatic carbocycles. The number of thioether (sulfide) groups is 1.